The molecule has 2 aliphatic heterocycles. The van der Waals surface area contributed by atoms with Crippen molar-refractivity contribution >= 4 is 12.0 Å². The number of fused-ring (bicyclic) bond motifs is 1. The fourth-order valence-corrected chi connectivity index (χ4v) is 2.62. The summed E-state index contributed by atoms with van der Waals surface area (Å²) in [6.07, 6.45) is 4.84. The van der Waals surface area contributed by atoms with E-state index in [1.54, 1.807) is 6.20 Å². The summed E-state index contributed by atoms with van der Waals surface area (Å²) >= 11 is 0. The van der Waals surface area contributed by atoms with E-state index in [1.807, 2.05) is 56.3 Å². The number of hydrogen-bond donors (Lipinski definition) is 0. The van der Waals surface area contributed by atoms with Gasteiger partial charge >= 0.3 is 6.09 Å². The number of rotatable bonds is 2. The summed E-state index contributed by atoms with van der Waals surface area (Å²) in [5.74, 6) is -0.184. The van der Waals surface area contributed by atoms with Gasteiger partial charge in [-0.05, 0) is 18.6 Å². The molecule has 0 saturated carbocycles. The van der Waals surface area contributed by atoms with Crippen LogP contribution < -0.4 is 0 Å². The molecule has 1 aromatic carbocycles. The van der Waals surface area contributed by atoms with E-state index in [0.29, 0.717) is 0 Å². The van der Waals surface area contributed by atoms with Gasteiger partial charge in [0, 0.05) is 6.20 Å². The third-order valence-electron chi connectivity index (χ3n) is 3.95. The molecule has 2 heterocycles. The van der Waals surface area contributed by atoms with E-state index in [-0.39, 0.29) is 24.5 Å². The van der Waals surface area contributed by atoms with Gasteiger partial charge in [-0.15, -0.1) is 0 Å². The highest BCUT2D eigenvalue weighted by Gasteiger charge is 2.48. The number of benzene rings is 1. The summed E-state index contributed by atoms with van der Waals surface area (Å²) < 4.78 is 5.31. The monoisotopic (exact) mass is 298 g/mol. The molecule has 5 heteroatoms. The highest BCUT2D eigenvalue weighted by Crippen LogP contribution is 2.32. The molecule has 0 N–H and O–H groups in total. The molecule has 0 spiro atoms. The maximum absolute atomic E-state index is 12.3. The Hall–Kier alpha value is -2.56. The van der Waals surface area contributed by atoms with Crippen LogP contribution in [0.4, 0.5) is 4.79 Å². The molecule has 1 aromatic rings. The van der Waals surface area contributed by atoms with Gasteiger partial charge in [0.2, 0.25) is 5.91 Å². The fourth-order valence-electron chi connectivity index (χ4n) is 2.62. The molecule has 0 aromatic heterocycles. The summed E-state index contributed by atoms with van der Waals surface area (Å²) in [6, 6.07) is 9.36. The molecule has 2 amide bonds. The van der Waals surface area contributed by atoms with Gasteiger partial charge < -0.3 is 4.74 Å². The summed E-state index contributed by atoms with van der Waals surface area (Å²) in [7, 11) is 0. The number of nitrogens with zero attached hydrogens (tertiary/aromatic N) is 2. The number of carbonyl (C=O) groups excluding carboxylic acids is 2. The van der Waals surface area contributed by atoms with Gasteiger partial charge in [0.1, 0.15) is 6.61 Å². The van der Waals surface area contributed by atoms with Crippen LogP contribution in [0.1, 0.15) is 19.4 Å². The van der Waals surface area contributed by atoms with Crippen LogP contribution in [0.15, 0.2) is 54.3 Å². The first-order valence-electron chi connectivity index (χ1n) is 7.27. The molecule has 2 aliphatic rings. The van der Waals surface area contributed by atoms with E-state index in [9.17, 15) is 9.59 Å². The predicted molar refractivity (Wildman–Crippen MR) is 81.2 cm³/mol. The minimum Gasteiger partial charge on any atom is -0.443 e. The van der Waals surface area contributed by atoms with Crippen LogP contribution in [0.25, 0.3) is 0 Å². The Labute approximate surface area is 129 Å². The van der Waals surface area contributed by atoms with Gasteiger partial charge in [0.05, 0.1) is 12.0 Å². The average molecular weight is 298 g/mol. The molecule has 2 atom stereocenters. The summed E-state index contributed by atoms with van der Waals surface area (Å²) in [5, 5.41) is 2.72. The van der Waals surface area contributed by atoms with Crippen molar-refractivity contribution in [2.45, 2.75) is 26.5 Å². The lowest BCUT2D eigenvalue weighted by Gasteiger charge is -2.47. The molecule has 22 heavy (non-hydrogen) atoms. The zero-order valence-corrected chi connectivity index (χ0v) is 12.6. The zero-order valence-electron chi connectivity index (χ0n) is 12.6. The summed E-state index contributed by atoms with van der Waals surface area (Å²) in [5.41, 5.74) is 1.93. The van der Waals surface area contributed by atoms with Crippen molar-refractivity contribution in [1.82, 2.24) is 10.0 Å². The lowest BCUT2D eigenvalue weighted by atomic mass is 9.90. The van der Waals surface area contributed by atoms with E-state index in [0.717, 1.165) is 11.1 Å². The Kier molecular flexibility index (Phi) is 3.71. The third kappa shape index (κ3) is 2.50. The van der Waals surface area contributed by atoms with Gasteiger partial charge in [0.15, 0.2) is 0 Å². The molecule has 1 saturated heterocycles. The first-order chi connectivity index (χ1) is 10.6. The second-order valence-corrected chi connectivity index (χ2v) is 5.57. The maximum Gasteiger partial charge on any atom is 0.433 e. The molecule has 0 radical (unpaired) electrons. The largest absolute Gasteiger partial charge is 0.443 e. The Morgan fingerprint density at radius 2 is 2.00 bits per heavy atom. The van der Waals surface area contributed by atoms with E-state index >= 15 is 0 Å². The minimum absolute atomic E-state index is 0.0720. The number of carbonyl (C=O) groups is 2. The Morgan fingerprint density at radius 3 is 2.73 bits per heavy atom. The smallest absolute Gasteiger partial charge is 0.433 e. The van der Waals surface area contributed by atoms with Crippen molar-refractivity contribution in [3.63, 3.8) is 0 Å². The second-order valence-electron chi connectivity index (χ2n) is 5.57. The van der Waals surface area contributed by atoms with Crippen molar-refractivity contribution in [2.24, 2.45) is 5.92 Å². The van der Waals surface area contributed by atoms with E-state index in [4.69, 9.17) is 4.74 Å². The quantitative estimate of drug-likeness (QED) is 0.789. The topological polar surface area (TPSA) is 49.9 Å². The number of β-lactam (4-membered cyclic amide) rings is 1. The number of allylic oxidation sites excluding steroid dienone is 2. The van der Waals surface area contributed by atoms with Crippen LogP contribution in [-0.2, 0) is 16.1 Å². The molecule has 0 aliphatic carbocycles. The van der Waals surface area contributed by atoms with Crippen molar-refractivity contribution in [3.8, 4) is 0 Å². The number of ether oxygens (including phenoxy) is 1. The van der Waals surface area contributed by atoms with E-state index < -0.39 is 6.09 Å². The normalized spacial score (nSPS) is 23.4. The number of amides is 2. The molecule has 3 rings (SSSR count). The number of hydrazine groups is 1. The first-order valence-corrected chi connectivity index (χ1v) is 7.27. The van der Waals surface area contributed by atoms with Crippen molar-refractivity contribution in [2.75, 3.05) is 0 Å². The summed E-state index contributed by atoms with van der Waals surface area (Å²) in [6.45, 7) is 3.99. The van der Waals surface area contributed by atoms with Crippen LogP contribution in [0.5, 0.6) is 0 Å². The highest BCUT2D eigenvalue weighted by atomic mass is 16.6. The molecule has 114 valence electrons. The van der Waals surface area contributed by atoms with Gasteiger partial charge in [0.25, 0.3) is 0 Å². The Balaban J connectivity index is 1.71. The van der Waals surface area contributed by atoms with Crippen LogP contribution in [0, 0.1) is 5.92 Å². The van der Waals surface area contributed by atoms with Crippen molar-refractivity contribution in [3.05, 3.63) is 59.8 Å². The van der Waals surface area contributed by atoms with Gasteiger partial charge in [-0.2, -0.15) is 5.01 Å². The first kappa shape index (κ1) is 14.4. The van der Waals surface area contributed by atoms with Crippen LogP contribution >= 0.6 is 0 Å². The van der Waals surface area contributed by atoms with Gasteiger partial charge in [-0.25, -0.2) is 9.80 Å². The van der Waals surface area contributed by atoms with Crippen molar-refractivity contribution in [1.29, 1.82) is 0 Å². The Bertz CT molecular complexity index is 651. The van der Waals surface area contributed by atoms with Gasteiger partial charge in [-0.3, -0.25) is 4.79 Å². The molecule has 0 unspecified atom stereocenters. The zero-order chi connectivity index (χ0) is 15.7. The lowest BCUT2D eigenvalue weighted by molar-refractivity contribution is -0.172. The highest BCUT2D eigenvalue weighted by molar-refractivity contribution is 5.88. The lowest BCUT2D eigenvalue weighted by Crippen LogP contribution is -2.65. The standard InChI is InChI=1S/C17H18N2O3/c1-12-8-9-18(19-15(10-12)13(2)16(19)20)17(21)22-11-14-6-4-3-5-7-14/h3-10,13,15H,11H2,1-2H3/t13-,15+/m0/s1. The predicted octanol–water partition coefficient (Wildman–Crippen LogP) is 2.86. The summed E-state index contributed by atoms with van der Waals surface area (Å²) in [4.78, 5) is 24.4. The van der Waals surface area contributed by atoms with E-state index in [2.05, 4.69) is 0 Å². The number of hydrogen-bond acceptors (Lipinski definition) is 3. The van der Waals surface area contributed by atoms with Gasteiger partial charge in [-0.1, -0.05) is 48.9 Å². The fraction of sp³-hybridized carbons (Fsp3) is 0.294. The minimum atomic E-state index is -0.548. The molecular formula is C17H18N2O3. The van der Waals surface area contributed by atoms with Crippen molar-refractivity contribution < 1.29 is 14.3 Å². The maximum atomic E-state index is 12.3. The Morgan fingerprint density at radius 1 is 1.27 bits per heavy atom. The average Bonchev–Trinajstić information content (AvgIpc) is 2.70. The van der Waals surface area contributed by atoms with Crippen LogP contribution in [0.2, 0.25) is 0 Å². The SMILES string of the molecule is CC1=C[C@@H]2[C@H](C)C(=O)N2N(C(=O)OCc2ccccc2)C=C1. The molecule has 5 nitrogen and oxygen atoms in total. The third-order valence-corrected chi connectivity index (χ3v) is 3.95. The van der Waals surface area contributed by atoms with Crippen LogP contribution in [0.3, 0.4) is 0 Å². The molecule has 1 fully saturated rings. The molecular weight excluding hydrogens is 280 g/mol. The second kappa shape index (κ2) is 5.67. The molecule has 0 bridgehead atoms. The van der Waals surface area contributed by atoms with E-state index in [1.165, 1.54) is 10.0 Å². The van der Waals surface area contributed by atoms with Crippen LogP contribution in [-0.4, -0.2) is 28.1 Å².